The first-order valence-electron chi connectivity index (χ1n) is 6.42. The lowest BCUT2D eigenvalue weighted by molar-refractivity contribution is 0.0983. The fraction of sp³-hybridized carbons (Fsp3) is 0.235. The smallest absolute Gasteiger partial charge is 0.164 e. The normalized spacial score (nSPS) is 10.5. The third kappa shape index (κ3) is 3.45. The zero-order valence-electron chi connectivity index (χ0n) is 11.2. The first-order chi connectivity index (χ1) is 9.08. The predicted octanol–water partition coefficient (Wildman–Crippen LogP) is 4.77. The van der Waals surface area contributed by atoms with Gasteiger partial charge in [0, 0.05) is 12.0 Å². The van der Waals surface area contributed by atoms with Gasteiger partial charge < -0.3 is 0 Å². The number of carbonyl (C=O) groups is 1. The van der Waals surface area contributed by atoms with Gasteiger partial charge in [0.25, 0.3) is 0 Å². The first-order valence-corrected chi connectivity index (χ1v) is 6.79. The van der Waals surface area contributed by atoms with Gasteiger partial charge in [0.1, 0.15) is 0 Å². The summed E-state index contributed by atoms with van der Waals surface area (Å²) in [7, 11) is 0. The summed E-state index contributed by atoms with van der Waals surface area (Å²) in [6.45, 7) is 4.18. The van der Waals surface area contributed by atoms with Crippen LogP contribution in [0.2, 0.25) is 5.02 Å². The lowest BCUT2D eigenvalue weighted by atomic mass is 10.00. The van der Waals surface area contributed by atoms with Crippen LogP contribution in [0, 0.1) is 13.8 Å². The monoisotopic (exact) mass is 272 g/mol. The molecule has 0 heterocycles. The third-order valence-corrected chi connectivity index (χ3v) is 3.72. The second kappa shape index (κ2) is 6.03. The summed E-state index contributed by atoms with van der Waals surface area (Å²) >= 11 is 6.03. The third-order valence-electron chi connectivity index (χ3n) is 3.39. The zero-order chi connectivity index (χ0) is 13.8. The van der Waals surface area contributed by atoms with Crippen LogP contribution in [-0.2, 0) is 6.42 Å². The van der Waals surface area contributed by atoms with E-state index in [4.69, 9.17) is 11.6 Å². The second-order valence-electron chi connectivity index (χ2n) is 4.82. The van der Waals surface area contributed by atoms with E-state index >= 15 is 0 Å². The Morgan fingerprint density at radius 3 is 2.47 bits per heavy atom. The minimum atomic E-state index is 0.101. The van der Waals surface area contributed by atoms with Gasteiger partial charge >= 0.3 is 0 Å². The molecule has 0 saturated carbocycles. The van der Waals surface area contributed by atoms with Crippen LogP contribution in [0.25, 0.3) is 0 Å². The summed E-state index contributed by atoms with van der Waals surface area (Å²) in [4.78, 5) is 12.1. The predicted molar refractivity (Wildman–Crippen MR) is 80.0 cm³/mol. The Balaban J connectivity index is 2.04. The molecule has 0 aliphatic carbocycles. The average molecular weight is 273 g/mol. The Labute approximate surface area is 119 Å². The highest BCUT2D eigenvalue weighted by molar-refractivity contribution is 6.33. The highest BCUT2D eigenvalue weighted by atomic mass is 35.5. The van der Waals surface area contributed by atoms with Gasteiger partial charge in [-0.1, -0.05) is 41.9 Å². The minimum absolute atomic E-state index is 0.101. The van der Waals surface area contributed by atoms with E-state index in [2.05, 4.69) is 32.0 Å². The molecule has 1 nitrogen and oxygen atoms in total. The van der Waals surface area contributed by atoms with Crippen molar-refractivity contribution in [3.63, 3.8) is 0 Å². The molecule has 2 rings (SSSR count). The highest BCUT2D eigenvalue weighted by Crippen LogP contribution is 2.18. The fourth-order valence-corrected chi connectivity index (χ4v) is 2.28. The van der Waals surface area contributed by atoms with Gasteiger partial charge in [-0.05, 0) is 49.1 Å². The summed E-state index contributed by atoms with van der Waals surface area (Å²) in [5, 5.41) is 0.535. The Hall–Kier alpha value is -1.60. The van der Waals surface area contributed by atoms with E-state index in [1.807, 2.05) is 12.1 Å². The molecule has 2 aromatic carbocycles. The molecule has 98 valence electrons. The number of hydrogen-bond acceptors (Lipinski definition) is 1. The average Bonchev–Trinajstić information content (AvgIpc) is 2.40. The Morgan fingerprint density at radius 2 is 1.79 bits per heavy atom. The zero-order valence-corrected chi connectivity index (χ0v) is 12.0. The molecule has 0 N–H and O–H groups in total. The number of benzene rings is 2. The molecule has 0 radical (unpaired) electrons. The van der Waals surface area contributed by atoms with Crippen molar-refractivity contribution >= 4 is 17.4 Å². The van der Waals surface area contributed by atoms with E-state index in [1.165, 1.54) is 16.7 Å². The summed E-state index contributed by atoms with van der Waals surface area (Å²) in [5.41, 5.74) is 4.36. The van der Waals surface area contributed by atoms with Crippen molar-refractivity contribution in [3.8, 4) is 0 Å². The molecule has 0 unspecified atom stereocenters. The van der Waals surface area contributed by atoms with E-state index < -0.39 is 0 Å². The molecule has 0 aromatic heterocycles. The van der Waals surface area contributed by atoms with Gasteiger partial charge in [0.05, 0.1) is 5.02 Å². The number of hydrogen-bond donors (Lipinski definition) is 0. The topological polar surface area (TPSA) is 17.1 Å². The highest BCUT2D eigenvalue weighted by Gasteiger charge is 2.09. The van der Waals surface area contributed by atoms with Gasteiger partial charge in [0.15, 0.2) is 5.78 Å². The van der Waals surface area contributed by atoms with Crippen molar-refractivity contribution in [2.75, 3.05) is 0 Å². The maximum atomic E-state index is 12.1. The van der Waals surface area contributed by atoms with Crippen LogP contribution >= 0.6 is 11.6 Å². The molecular formula is C17H17ClO. The van der Waals surface area contributed by atoms with Crippen molar-refractivity contribution < 1.29 is 4.79 Å². The first kappa shape index (κ1) is 13.8. The molecule has 0 bridgehead atoms. The van der Waals surface area contributed by atoms with Gasteiger partial charge in [-0.2, -0.15) is 0 Å². The molecule has 0 fully saturated rings. The number of rotatable bonds is 4. The van der Waals surface area contributed by atoms with Gasteiger partial charge in [0.2, 0.25) is 0 Å². The molecule has 2 heteroatoms. The van der Waals surface area contributed by atoms with Crippen LogP contribution in [0.4, 0.5) is 0 Å². The number of halogens is 1. The summed E-state index contributed by atoms with van der Waals surface area (Å²) < 4.78 is 0. The molecule has 19 heavy (non-hydrogen) atoms. The SMILES string of the molecule is Cc1ccc(CCC(=O)c2ccccc2Cl)cc1C. The molecule has 0 spiro atoms. The maximum Gasteiger partial charge on any atom is 0.164 e. The lowest BCUT2D eigenvalue weighted by Crippen LogP contribution is -2.02. The summed E-state index contributed by atoms with van der Waals surface area (Å²) in [6.07, 6.45) is 1.25. The Kier molecular flexibility index (Phi) is 4.39. The van der Waals surface area contributed by atoms with Crippen molar-refractivity contribution in [3.05, 3.63) is 69.7 Å². The quantitative estimate of drug-likeness (QED) is 0.733. The fourth-order valence-electron chi connectivity index (χ4n) is 2.04. The van der Waals surface area contributed by atoms with Crippen LogP contribution in [-0.4, -0.2) is 5.78 Å². The van der Waals surface area contributed by atoms with E-state index in [0.29, 0.717) is 17.0 Å². The maximum absolute atomic E-state index is 12.1. The van der Waals surface area contributed by atoms with Gasteiger partial charge in [-0.3, -0.25) is 4.79 Å². The van der Waals surface area contributed by atoms with E-state index in [0.717, 1.165) is 6.42 Å². The molecule has 0 atom stereocenters. The summed E-state index contributed by atoms with van der Waals surface area (Å²) in [6, 6.07) is 13.6. The minimum Gasteiger partial charge on any atom is -0.294 e. The van der Waals surface area contributed by atoms with E-state index in [-0.39, 0.29) is 5.78 Å². The van der Waals surface area contributed by atoms with Crippen LogP contribution in [0.15, 0.2) is 42.5 Å². The molecule has 2 aromatic rings. The van der Waals surface area contributed by atoms with Crippen molar-refractivity contribution in [2.24, 2.45) is 0 Å². The van der Waals surface area contributed by atoms with Crippen LogP contribution in [0.1, 0.15) is 33.5 Å². The largest absolute Gasteiger partial charge is 0.294 e. The van der Waals surface area contributed by atoms with Crippen LogP contribution < -0.4 is 0 Å². The molecule has 0 aliphatic rings. The van der Waals surface area contributed by atoms with Crippen molar-refractivity contribution in [1.29, 1.82) is 0 Å². The molecule has 0 aliphatic heterocycles. The lowest BCUT2D eigenvalue weighted by Gasteiger charge is -2.06. The molecule has 0 saturated heterocycles. The van der Waals surface area contributed by atoms with E-state index in [9.17, 15) is 4.79 Å². The molecule has 0 amide bonds. The Bertz CT molecular complexity index is 602. The number of ketones is 1. The summed E-state index contributed by atoms with van der Waals surface area (Å²) in [5.74, 6) is 0.101. The van der Waals surface area contributed by atoms with Crippen LogP contribution in [0.5, 0.6) is 0 Å². The standard InChI is InChI=1S/C17H17ClO/c1-12-7-8-14(11-13(12)2)9-10-17(19)15-5-3-4-6-16(15)18/h3-8,11H,9-10H2,1-2H3. The number of aryl methyl sites for hydroxylation is 3. The van der Waals surface area contributed by atoms with Gasteiger partial charge in [-0.15, -0.1) is 0 Å². The second-order valence-corrected chi connectivity index (χ2v) is 5.23. The number of carbonyl (C=O) groups excluding carboxylic acids is 1. The van der Waals surface area contributed by atoms with Crippen LogP contribution in [0.3, 0.4) is 0 Å². The number of Topliss-reactive ketones (excluding diaryl/α,β-unsaturated/α-hetero) is 1. The Morgan fingerprint density at radius 1 is 1.05 bits per heavy atom. The van der Waals surface area contributed by atoms with Crippen molar-refractivity contribution in [2.45, 2.75) is 26.7 Å². The van der Waals surface area contributed by atoms with Gasteiger partial charge in [-0.25, -0.2) is 0 Å². The van der Waals surface area contributed by atoms with E-state index in [1.54, 1.807) is 12.1 Å². The molecular weight excluding hydrogens is 256 g/mol. The van der Waals surface area contributed by atoms with Crippen molar-refractivity contribution in [1.82, 2.24) is 0 Å².